The molecule has 0 saturated heterocycles. The van der Waals surface area contributed by atoms with Gasteiger partial charge in [-0.1, -0.05) is 70.9 Å². The fraction of sp³-hybridized carbons (Fsp3) is 0.800. The van der Waals surface area contributed by atoms with Crippen molar-refractivity contribution < 1.29 is 8.81 Å². The van der Waals surface area contributed by atoms with Gasteiger partial charge in [0.15, 0.2) is 0 Å². The molecular formula is C15H25ClFNO. The van der Waals surface area contributed by atoms with Crippen LogP contribution in [0.15, 0.2) is 4.42 Å². The summed E-state index contributed by atoms with van der Waals surface area (Å²) < 4.78 is 18.4. The van der Waals surface area contributed by atoms with E-state index in [-0.39, 0.29) is 10.6 Å². The number of halogens is 2. The second-order valence-electron chi connectivity index (χ2n) is 5.56. The number of oxazole rings is 1. The number of rotatable bonds is 9. The SMILES string of the molecule is CCCCCCC(C)(CCCC)c1nc(Cl)c(F)o1. The van der Waals surface area contributed by atoms with Crippen molar-refractivity contribution in [3.8, 4) is 0 Å². The number of aromatic nitrogens is 1. The molecule has 4 heteroatoms. The summed E-state index contributed by atoms with van der Waals surface area (Å²) in [4.78, 5) is 4.06. The van der Waals surface area contributed by atoms with Gasteiger partial charge in [-0.25, -0.2) is 0 Å². The van der Waals surface area contributed by atoms with Gasteiger partial charge < -0.3 is 4.42 Å². The molecule has 1 aromatic heterocycles. The van der Waals surface area contributed by atoms with Crippen molar-refractivity contribution in [3.05, 3.63) is 17.1 Å². The van der Waals surface area contributed by atoms with Gasteiger partial charge in [-0.3, -0.25) is 0 Å². The molecule has 0 fully saturated rings. The van der Waals surface area contributed by atoms with Gasteiger partial charge >= 0.3 is 6.01 Å². The highest BCUT2D eigenvalue weighted by Gasteiger charge is 2.32. The van der Waals surface area contributed by atoms with Crippen LogP contribution < -0.4 is 0 Å². The second kappa shape index (κ2) is 7.88. The lowest BCUT2D eigenvalue weighted by molar-refractivity contribution is 0.249. The highest BCUT2D eigenvalue weighted by atomic mass is 35.5. The van der Waals surface area contributed by atoms with Gasteiger partial charge in [0.25, 0.3) is 0 Å². The summed E-state index contributed by atoms with van der Waals surface area (Å²) in [5.41, 5.74) is -0.197. The monoisotopic (exact) mass is 289 g/mol. The van der Waals surface area contributed by atoms with Crippen LogP contribution in [0, 0.1) is 6.01 Å². The van der Waals surface area contributed by atoms with Gasteiger partial charge in [0, 0.05) is 5.41 Å². The molecule has 1 atom stereocenters. The highest BCUT2D eigenvalue weighted by molar-refractivity contribution is 6.29. The molecule has 1 heterocycles. The van der Waals surface area contributed by atoms with Crippen LogP contribution in [0.1, 0.15) is 78.0 Å². The maximum absolute atomic E-state index is 13.3. The summed E-state index contributed by atoms with van der Waals surface area (Å²) in [6, 6.07) is -0.757. The van der Waals surface area contributed by atoms with Crippen molar-refractivity contribution in [1.82, 2.24) is 4.98 Å². The molecule has 19 heavy (non-hydrogen) atoms. The Labute approximate surface area is 120 Å². The quantitative estimate of drug-likeness (QED) is 0.530. The Morgan fingerprint density at radius 2 is 1.74 bits per heavy atom. The Balaban J connectivity index is 2.73. The normalized spacial score (nSPS) is 14.6. The average Bonchev–Trinajstić information content (AvgIpc) is 2.73. The number of hydrogen-bond donors (Lipinski definition) is 0. The molecule has 0 aliphatic carbocycles. The lowest BCUT2D eigenvalue weighted by Crippen LogP contribution is -2.22. The van der Waals surface area contributed by atoms with Crippen molar-refractivity contribution in [1.29, 1.82) is 0 Å². The summed E-state index contributed by atoms with van der Waals surface area (Å²) in [5.74, 6) is 0.458. The van der Waals surface area contributed by atoms with E-state index < -0.39 is 6.01 Å². The molecule has 0 amide bonds. The minimum absolute atomic E-state index is 0.147. The van der Waals surface area contributed by atoms with Crippen LogP contribution in [0.25, 0.3) is 0 Å². The third-order valence-electron chi connectivity index (χ3n) is 3.73. The van der Waals surface area contributed by atoms with Crippen LogP contribution >= 0.6 is 11.6 Å². The smallest absolute Gasteiger partial charge is 0.317 e. The van der Waals surface area contributed by atoms with E-state index in [1.165, 1.54) is 19.3 Å². The molecule has 0 radical (unpaired) electrons. The summed E-state index contributed by atoms with van der Waals surface area (Å²) in [6.07, 6.45) is 8.92. The predicted molar refractivity (Wildman–Crippen MR) is 77.1 cm³/mol. The standard InChI is InChI=1S/C15H25ClFNO/c1-4-6-8-9-11-15(3,10-7-5-2)14-18-12(16)13(17)19-14/h4-11H2,1-3H3. The Morgan fingerprint density at radius 3 is 2.26 bits per heavy atom. The zero-order valence-electron chi connectivity index (χ0n) is 12.3. The largest absolute Gasteiger partial charge is 0.414 e. The van der Waals surface area contributed by atoms with Crippen molar-refractivity contribution in [2.24, 2.45) is 0 Å². The molecule has 0 N–H and O–H groups in total. The molecule has 0 aromatic carbocycles. The van der Waals surface area contributed by atoms with Gasteiger partial charge in [0.1, 0.15) is 0 Å². The minimum Gasteiger partial charge on any atom is -0.414 e. The Morgan fingerprint density at radius 1 is 1.11 bits per heavy atom. The molecule has 1 aromatic rings. The summed E-state index contributed by atoms with van der Waals surface area (Å²) >= 11 is 5.67. The first-order valence-corrected chi connectivity index (χ1v) is 7.73. The van der Waals surface area contributed by atoms with Gasteiger partial charge in [-0.05, 0) is 12.8 Å². The van der Waals surface area contributed by atoms with E-state index in [0.29, 0.717) is 5.89 Å². The molecule has 0 bridgehead atoms. The fourth-order valence-corrected chi connectivity index (χ4v) is 2.50. The van der Waals surface area contributed by atoms with Gasteiger partial charge in [0.2, 0.25) is 11.0 Å². The van der Waals surface area contributed by atoms with Gasteiger partial charge in [0.05, 0.1) is 0 Å². The van der Waals surface area contributed by atoms with Crippen molar-refractivity contribution in [3.63, 3.8) is 0 Å². The van der Waals surface area contributed by atoms with Crippen LogP contribution in [0.4, 0.5) is 4.39 Å². The topological polar surface area (TPSA) is 26.0 Å². The van der Waals surface area contributed by atoms with E-state index in [9.17, 15) is 4.39 Å². The third-order valence-corrected chi connectivity index (χ3v) is 3.96. The van der Waals surface area contributed by atoms with Crippen molar-refractivity contribution in [2.45, 2.75) is 77.6 Å². The van der Waals surface area contributed by atoms with Crippen LogP contribution in [0.2, 0.25) is 5.15 Å². The number of nitrogens with zero attached hydrogens (tertiary/aromatic N) is 1. The Kier molecular flexibility index (Phi) is 6.84. The molecule has 1 unspecified atom stereocenters. The molecular weight excluding hydrogens is 265 g/mol. The summed E-state index contributed by atoms with van der Waals surface area (Å²) in [5, 5.41) is -0.147. The molecule has 1 rings (SSSR count). The first-order chi connectivity index (χ1) is 9.03. The fourth-order valence-electron chi connectivity index (χ4n) is 2.39. The summed E-state index contributed by atoms with van der Waals surface area (Å²) in [6.45, 7) is 6.45. The lowest BCUT2D eigenvalue weighted by atomic mass is 9.80. The molecule has 0 aliphatic heterocycles. The van der Waals surface area contributed by atoms with Crippen molar-refractivity contribution in [2.75, 3.05) is 0 Å². The highest BCUT2D eigenvalue weighted by Crippen LogP contribution is 2.36. The van der Waals surface area contributed by atoms with Crippen molar-refractivity contribution >= 4 is 11.6 Å². The van der Waals surface area contributed by atoms with Gasteiger partial charge in [-0.15, -0.1) is 0 Å². The first kappa shape index (κ1) is 16.5. The van der Waals surface area contributed by atoms with Crippen LogP contribution in [0.5, 0.6) is 0 Å². The van der Waals surface area contributed by atoms with E-state index in [4.69, 9.17) is 16.0 Å². The zero-order chi connectivity index (χ0) is 14.3. The number of unbranched alkanes of at least 4 members (excludes halogenated alkanes) is 4. The zero-order valence-corrected chi connectivity index (χ0v) is 13.0. The minimum atomic E-state index is -0.757. The first-order valence-electron chi connectivity index (χ1n) is 7.35. The van der Waals surface area contributed by atoms with E-state index in [0.717, 1.165) is 32.1 Å². The third kappa shape index (κ3) is 4.79. The summed E-state index contributed by atoms with van der Waals surface area (Å²) in [7, 11) is 0. The lowest BCUT2D eigenvalue weighted by Gasteiger charge is -2.26. The second-order valence-corrected chi connectivity index (χ2v) is 5.92. The van der Waals surface area contributed by atoms with Crippen LogP contribution in [-0.4, -0.2) is 4.98 Å². The predicted octanol–water partition coefficient (Wildman–Crippen LogP) is 5.89. The molecule has 110 valence electrons. The van der Waals surface area contributed by atoms with Crippen LogP contribution in [0.3, 0.4) is 0 Å². The van der Waals surface area contributed by atoms with E-state index in [1.807, 2.05) is 0 Å². The average molecular weight is 290 g/mol. The van der Waals surface area contributed by atoms with E-state index in [2.05, 4.69) is 25.8 Å². The van der Waals surface area contributed by atoms with Crippen LogP contribution in [-0.2, 0) is 5.41 Å². The molecule has 0 spiro atoms. The Bertz CT molecular complexity index is 361. The molecule has 0 saturated carbocycles. The van der Waals surface area contributed by atoms with E-state index in [1.54, 1.807) is 0 Å². The van der Waals surface area contributed by atoms with Gasteiger partial charge in [-0.2, -0.15) is 9.37 Å². The molecule has 0 aliphatic rings. The number of hydrogen-bond acceptors (Lipinski definition) is 2. The van der Waals surface area contributed by atoms with E-state index >= 15 is 0 Å². The maximum atomic E-state index is 13.3. The molecule has 2 nitrogen and oxygen atoms in total. The maximum Gasteiger partial charge on any atom is 0.317 e. The Hall–Kier alpha value is -0.570.